The second-order valence-corrected chi connectivity index (χ2v) is 9.68. The second-order valence-electron chi connectivity index (χ2n) is 8.74. The van der Waals surface area contributed by atoms with Crippen molar-refractivity contribution in [2.24, 2.45) is 7.05 Å². The molecule has 1 heterocycles. The Hall–Kier alpha value is -2.40. The van der Waals surface area contributed by atoms with Crippen molar-refractivity contribution in [2.45, 2.75) is 50.6 Å². The number of carbonyl (C=O) groups excluding carboxylic acids is 1. The Morgan fingerprint density at radius 2 is 1.76 bits per heavy atom. The summed E-state index contributed by atoms with van der Waals surface area (Å²) in [6.07, 6.45) is 3.42. The lowest BCUT2D eigenvalue weighted by atomic mass is 9.87. The molecule has 2 aromatic carbocycles. The van der Waals surface area contributed by atoms with Crippen LogP contribution in [0.2, 0.25) is 0 Å². The molecule has 4 rings (SSSR count). The third kappa shape index (κ3) is 4.15. The first-order chi connectivity index (χ1) is 13.8. The Bertz CT molecular complexity index is 1040. The van der Waals surface area contributed by atoms with Gasteiger partial charge in [0, 0.05) is 18.2 Å². The number of rotatable bonds is 5. The molecule has 5 heteroatoms. The zero-order valence-corrected chi connectivity index (χ0v) is 18.3. The van der Waals surface area contributed by atoms with Gasteiger partial charge in [-0.2, -0.15) is 0 Å². The fourth-order valence-electron chi connectivity index (χ4n) is 3.77. The first-order valence-corrected chi connectivity index (χ1v) is 11.1. The third-order valence-electron chi connectivity index (χ3n) is 5.60. The molecule has 0 fully saturated rings. The van der Waals surface area contributed by atoms with Crippen LogP contribution >= 0.6 is 11.8 Å². The SMILES string of the molecule is Cn1c(SCC(=O)c2ccc3c(c2)CCC3)nnc1-c1ccc(C(C)(C)C)cc1. The Balaban J connectivity index is 1.45. The van der Waals surface area contributed by atoms with Gasteiger partial charge in [0.05, 0.1) is 5.75 Å². The van der Waals surface area contributed by atoms with Gasteiger partial charge in [0.25, 0.3) is 0 Å². The Morgan fingerprint density at radius 3 is 2.48 bits per heavy atom. The van der Waals surface area contributed by atoms with Gasteiger partial charge in [-0.15, -0.1) is 10.2 Å². The smallest absolute Gasteiger partial charge is 0.191 e. The number of hydrogen-bond donors (Lipinski definition) is 0. The van der Waals surface area contributed by atoms with Crippen molar-refractivity contribution in [3.05, 3.63) is 64.7 Å². The largest absolute Gasteiger partial charge is 0.305 e. The summed E-state index contributed by atoms with van der Waals surface area (Å²) in [6.45, 7) is 6.62. The number of fused-ring (bicyclic) bond motifs is 1. The molecule has 3 aromatic rings. The molecule has 29 heavy (non-hydrogen) atoms. The van der Waals surface area contributed by atoms with Crippen molar-refractivity contribution in [3.63, 3.8) is 0 Å². The number of benzene rings is 2. The summed E-state index contributed by atoms with van der Waals surface area (Å²) >= 11 is 1.45. The van der Waals surface area contributed by atoms with Gasteiger partial charge >= 0.3 is 0 Å². The molecule has 1 aromatic heterocycles. The number of aryl methyl sites for hydroxylation is 2. The second kappa shape index (κ2) is 7.79. The molecule has 0 N–H and O–H groups in total. The molecule has 4 nitrogen and oxygen atoms in total. The molecule has 0 spiro atoms. The highest BCUT2D eigenvalue weighted by molar-refractivity contribution is 7.99. The van der Waals surface area contributed by atoms with Crippen LogP contribution in [-0.2, 0) is 25.3 Å². The van der Waals surface area contributed by atoms with Crippen LogP contribution in [0.4, 0.5) is 0 Å². The Kier molecular flexibility index (Phi) is 5.34. The Morgan fingerprint density at radius 1 is 1.03 bits per heavy atom. The van der Waals surface area contributed by atoms with Crippen LogP contribution in [-0.4, -0.2) is 26.3 Å². The molecule has 150 valence electrons. The molecule has 0 unspecified atom stereocenters. The van der Waals surface area contributed by atoms with Crippen molar-refractivity contribution in [1.82, 2.24) is 14.8 Å². The number of nitrogens with zero attached hydrogens (tertiary/aromatic N) is 3. The molecule has 0 amide bonds. The quantitative estimate of drug-likeness (QED) is 0.430. The fourth-order valence-corrected chi connectivity index (χ4v) is 4.58. The van der Waals surface area contributed by atoms with E-state index in [0.29, 0.717) is 5.75 Å². The normalized spacial score (nSPS) is 13.5. The molecule has 1 aliphatic carbocycles. The van der Waals surface area contributed by atoms with Gasteiger partial charge in [0.1, 0.15) is 0 Å². The lowest BCUT2D eigenvalue weighted by Gasteiger charge is -2.19. The molecule has 0 radical (unpaired) electrons. The van der Waals surface area contributed by atoms with E-state index in [0.717, 1.165) is 34.9 Å². The maximum Gasteiger partial charge on any atom is 0.191 e. The number of thioether (sulfide) groups is 1. The van der Waals surface area contributed by atoms with E-state index in [-0.39, 0.29) is 11.2 Å². The van der Waals surface area contributed by atoms with E-state index in [2.05, 4.69) is 67.4 Å². The van der Waals surface area contributed by atoms with Gasteiger partial charge in [-0.3, -0.25) is 4.79 Å². The highest BCUT2D eigenvalue weighted by Gasteiger charge is 2.18. The van der Waals surface area contributed by atoms with E-state index in [4.69, 9.17) is 0 Å². The van der Waals surface area contributed by atoms with Crippen LogP contribution in [0.25, 0.3) is 11.4 Å². The van der Waals surface area contributed by atoms with Crippen LogP contribution in [0.5, 0.6) is 0 Å². The van der Waals surface area contributed by atoms with E-state index in [1.54, 1.807) is 0 Å². The van der Waals surface area contributed by atoms with Gasteiger partial charge < -0.3 is 4.57 Å². The topological polar surface area (TPSA) is 47.8 Å². The maximum absolute atomic E-state index is 12.7. The standard InChI is InChI=1S/C24H27N3OS/c1-24(2,3)20-12-10-17(11-13-20)22-25-26-23(27(22)4)29-15-21(28)19-9-8-16-6-5-7-18(16)14-19/h8-14H,5-7,15H2,1-4H3. The first kappa shape index (κ1) is 19.9. The lowest BCUT2D eigenvalue weighted by molar-refractivity contribution is 0.102. The predicted octanol–water partition coefficient (Wildman–Crippen LogP) is 5.24. The van der Waals surface area contributed by atoms with Crippen molar-refractivity contribution in [2.75, 3.05) is 5.75 Å². The summed E-state index contributed by atoms with van der Waals surface area (Å²) < 4.78 is 1.97. The van der Waals surface area contributed by atoms with Crippen LogP contribution < -0.4 is 0 Å². The van der Waals surface area contributed by atoms with Gasteiger partial charge in [-0.1, -0.05) is 68.9 Å². The minimum absolute atomic E-state index is 0.122. The monoisotopic (exact) mass is 405 g/mol. The molecule has 0 saturated heterocycles. The Labute approximate surface area is 176 Å². The molecule has 0 aliphatic heterocycles. The molecule has 0 saturated carbocycles. The highest BCUT2D eigenvalue weighted by Crippen LogP contribution is 2.28. The maximum atomic E-state index is 12.7. The number of hydrogen-bond acceptors (Lipinski definition) is 4. The van der Waals surface area contributed by atoms with E-state index < -0.39 is 0 Å². The van der Waals surface area contributed by atoms with E-state index in [1.807, 2.05) is 17.7 Å². The van der Waals surface area contributed by atoms with Gasteiger partial charge in [-0.05, 0) is 47.4 Å². The number of ketones is 1. The highest BCUT2D eigenvalue weighted by atomic mass is 32.2. The molecule has 1 aliphatic rings. The fraction of sp³-hybridized carbons (Fsp3) is 0.375. The van der Waals surface area contributed by atoms with Crippen LogP contribution in [0, 0.1) is 0 Å². The summed E-state index contributed by atoms with van der Waals surface area (Å²) in [5.74, 6) is 1.33. The molecular formula is C24H27N3OS. The number of Topliss-reactive ketones (excluding diaryl/α,β-unsaturated/α-hetero) is 1. The van der Waals surface area contributed by atoms with Crippen molar-refractivity contribution in [3.8, 4) is 11.4 Å². The van der Waals surface area contributed by atoms with Crippen LogP contribution in [0.3, 0.4) is 0 Å². The summed E-state index contributed by atoms with van der Waals surface area (Å²) in [5.41, 5.74) is 5.98. The summed E-state index contributed by atoms with van der Waals surface area (Å²) in [4.78, 5) is 12.7. The van der Waals surface area contributed by atoms with Gasteiger partial charge in [0.15, 0.2) is 16.8 Å². The first-order valence-electron chi connectivity index (χ1n) is 10.1. The average molecular weight is 406 g/mol. The minimum atomic E-state index is 0.122. The molecule has 0 bridgehead atoms. The van der Waals surface area contributed by atoms with Crippen LogP contribution in [0.15, 0.2) is 47.6 Å². The average Bonchev–Trinajstić information content (AvgIpc) is 3.31. The molecule has 0 atom stereocenters. The zero-order valence-electron chi connectivity index (χ0n) is 17.5. The van der Waals surface area contributed by atoms with E-state index in [9.17, 15) is 4.79 Å². The van der Waals surface area contributed by atoms with Crippen LogP contribution in [0.1, 0.15) is 54.2 Å². The lowest BCUT2D eigenvalue weighted by Crippen LogP contribution is -2.10. The predicted molar refractivity (Wildman–Crippen MR) is 119 cm³/mol. The summed E-state index contributed by atoms with van der Waals surface area (Å²) in [5, 5.41) is 9.43. The van der Waals surface area contributed by atoms with Crippen molar-refractivity contribution in [1.29, 1.82) is 0 Å². The zero-order chi connectivity index (χ0) is 20.6. The third-order valence-corrected chi connectivity index (χ3v) is 6.62. The number of carbonyl (C=O) groups is 1. The summed E-state index contributed by atoms with van der Waals surface area (Å²) in [7, 11) is 1.95. The number of aromatic nitrogens is 3. The van der Waals surface area contributed by atoms with Crippen molar-refractivity contribution >= 4 is 17.5 Å². The summed E-state index contributed by atoms with van der Waals surface area (Å²) in [6, 6.07) is 14.6. The van der Waals surface area contributed by atoms with Gasteiger partial charge in [-0.25, -0.2) is 0 Å². The minimum Gasteiger partial charge on any atom is -0.305 e. The van der Waals surface area contributed by atoms with E-state index in [1.165, 1.54) is 34.9 Å². The molecular weight excluding hydrogens is 378 g/mol. The van der Waals surface area contributed by atoms with Crippen molar-refractivity contribution < 1.29 is 4.79 Å². The van der Waals surface area contributed by atoms with Gasteiger partial charge in [0.2, 0.25) is 0 Å². The van der Waals surface area contributed by atoms with E-state index >= 15 is 0 Å².